The maximum absolute atomic E-state index is 14.0. The van der Waals surface area contributed by atoms with Crippen LogP contribution in [0, 0.1) is 5.82 Å². The molecule has 0 radical (unpaired) electrons. The largest absolute Gasteiger partial charge is 0.507 e. The summed E-state index contributed by atoms with van der Waals surface area (Å²) in [5, 5.41) is 21.8. The van der Waals surface area contributed by atoms with Crippen molar-refractivity contribution in [2.45, 2.75) is 51.9 Å². The minimum absolute atomic E-state index is 0.0769. The van der Waals surface area contributed by atoms with E-state index in [0.29, 0.717) is 18.5 Å². The summed E-state index contributed by atoms with van der Waals surface area (Å²) in [7, 11) is 0. The van der Waals surface area contributed by atoms with E-state index in [1.807, 2.05) is 13.0 Å². The average molecular weight is 448 g/mol. The van der Waals surface area contributed by atoms with E-state index in [2.05, 4.69) is 0 Å². The van der Waals surface area contributed by atoms with Crippen LogP contribution in [0.5, 0.6) is 5.75 Å². The summed E-state index contributed by atoms with van der Waals surface area (Å²) in [5.41, 5.74) is 1.42. The molecular formula is C24H27ClFNO4. The number of halogens is 2. The fourth-order valence-corrected chi connectivity index (χ4v) is 3.84. The van der Waals surface area contributed by atoms with Crippen LogP contribution in [0.15, 0.2) is 36.4 Å². The van der Waals surface area contributed by atoms with Crippen LogP contribution in [-0.4, -0.2) is 33.4 Å². The number of aliphatic hydroxyl groups excluding tert-OH is 1. The Balaban J connectivity index is 1.87. The number of phenols is 1. The third kappa shape index (κ3) is 5.20. The van der Waals surface area contributed by atoms with E-state index < -0.39 is 29.7 Å². The number of aliphatic hydroxyl groups is 1. The number of ether oxygens (including phenoxy) is 1. The minimum atomic E-state index is -1.16. The van der Waals surface area contributed by atoms with Gasteiger partial charge in [-0.1, -0.05) is 42.0 Å². The third-order valence-electron chi connectivity index (χ3n) is 5.21. The monoisotopic (exact) mass is 447 g/mol. The predicted molar refractivity (Wildman–Crippen MR) is 119 cm³/mol. The van der Waals surface area contributed by atoms with Crippen LogP contribution < -0.4 is 0 Å². The molecule has 166 valence electrons. The van der Waals surface area contributed by atoms with Gasteiger partial charge in [-0.15, -0.1) is 0 Å². The highest BCUT2D eigenvalue weighted by atomic mass is 35.5. The highest BCUT2D eigenvalue weighted by Crippen LogP contribution is 2.40. The van der Waals surface area contributed by atoms with Crippen molar-refractivity contribution in [3.63, 3.8) is 0 Å². The van der Waals surface area contributed by atoms with Crippen molar-refractivity contribution in [2.24, 2.45) is 0 Å². The lowest BCUT2D eigenvalue weighted by Gasteiger charge is -2.37. The second-order valence-electron chi connectivity index (χ2n) is 8.65. The molecule has 2 aromatic rings. The molecule has 0 aliphatic carbocycles. The SMILES string of the molecule is CC1c2c(ccc(C(O)C=Cc3ccc(Cl)cc3F)c2O)CCN1C(=O)OC(C)(C)C. The van der Waals surface area contributed by atoms with Gasteiger partial charge in [0.15, 0.2) is 0 Å². The standard InChI is InChI=1S/C24H27ClFNO4/c1-14-21-16(11-12-27(14)23(30)31-24(2,3)4)6-9-18(22(21)29)20(28)10-7-15-5-8-17(25)13-19(15)26/h5-10,13-14,20,28-29H,11-12H2,1-4H3. The van der Waals surface area contributed by atoms with E-state index in [4.69, 9.17) is 16.3 Å². The minimum Gasteiger partial charge on any atom is -0.507 e. The van der Waals surface area contributed by atoms with Crippen molar-refractivity contribution < 1.29 is 24.1 Å². The van der Waals surface area contributed by atoms with Gasteiger partial charge in [-0.05, 0) is 51.8 Å². The number of amides is 1. The van der Waals surface area contributed by atoms with Gasteiger partial charge in [-0.25, -0.2) is 9.18 Å². The van der Waals surface area contributed by atoms with Gasteiger partial charge in [-0.2, -0.15) is 0 Å². The molecule has 3 rings (SSSR count). The summed E-state index contributed by atoms with van der Waals surface area (Å²) in [4.78, 5) is 14.2. The Hall–Kier alpha value is -2.57. The van der Waals surface area contributed by atoms with Gasteiger partial charge in [0.25, 0.3) is 0 Å². The summed E-state index contributed by atoms with van der Waals surface area (Å²) in [6, 6.07) is 7.32. The quantitative estimate of drug-likeness (QED) is 0.625. The predicted octanol–water partition coefficient (Wildman–Crippen LogP) is 5.79. The molecule has 1 aliphatic heterocycles. The summed E-state index contributed by atoms with van der Waals surface area (Å²) < 4.78 is 19.5. The summed E-state index contributed by atoms with van der Waals surface area (Å²) in [5.74, 6) is -0.584. The summed E-state index contributed by atoms with van der Waals surface area (Å²) in [6.07, 6.45) is 1.78. The van der Waals surface area contributed by atoms with Gasteiger partial charge in [0, 0.05) is 28.3 Å². The first-order valence-corrected chi connectivity index (χ1v) is 10.5. The fourth-order valence-electron chi connectivity index (χ4n) is 3.69. The van der Waals surface area contributed by atoms with Crippen molar-refractivity contribution in [1.82, 2.24) is 4.90 Å². The Morgan fingerprint density at radius 3 is 2.68 bits per heavy atom. The summed E-state index contributed by atoms with van der Waals surface area (Å²) >= 11 is 5.76. The Morgan fingerprint density at radius 1 is 1.32 bits per heavy atom. The zero-order chi connectivity index (χ0) is 22.9. The molecule has 31 heavy (non-hydrogen) atoms. The number of fused-ring (bicyclic) bond motifs is 1. The van der Waals surface area contributed by atoms with Crippen LogP contribution in [0.1, 0.15) is 62.1 Å². The van der Waals surface area contributed by atoms with E-state index in [-0.39, 0.29) is 21.9 Å². The molecule has 0 spiro atoms. The fraction of sp³-hybridized carbons (Fsp3) is 0.375. The van der Waals surface area contributed by atoms with Crippen LogP contribution in [0.4, 0.5) is 9.18 Å². The second-order valence-corrected chi connectivity index (χ2v) is 9.08. The van der Waals surface area contributed by atoms with E-state index in [1.165, 1.54) is 24.3 Å². The molecule has 2 unspecified atom stereocenters. The number of nitrogens with zero attached hydrogens (tertiary/aromatic N) is 1. The Kier molecular flexibility index (Phi) is 6.62. The molecule has 2 atom stereocenters. The summed E-state index contributed by atoms with van der Waals surface area (Å²) in [6.45, 7) is 7.69. The molecule has 0 fully saturated rings. The number of benzene rings is 2. The Labute approximate surface area is 186 Å². The Morgan fingerprint density at radius 2 is 2.03 bits per heavy atom. The lowest BCUT2D eigenvalue weighted by molar-refractivity contribution is 0.0157. The van der Waals surface area contributed by atoms with E-state index in [0.717, 1.165) is 5.56 Å². The number of carbonyl (C=O) groups excluding carboxylic acids is 1. The van der Waals surface area contributed by atoms with Gasteiger partial charge < -0.3 is 19.8 Å². The number of rotatable bonds is 3. The van der Waals surface area contributed by atoms with Crippen LogP contribution in [0.25, 0.3) is 6.08 Å². The molecule has 0 saturated heterocycles. The van der Waals surface area contributed by atoms with Gasteiger partial charge in [0.1, 0.15) is 23.3 Å². The van der Waals surface area contributed by atoms with Crippen LogP contribution in [0.3, 0.4) is 0 Å². The highest BCUT2D eigenvalue weighted by molar-refractivity contribution is 6.30. The van der Waals surface area contributed by atoms with Crippen molar-refractivity contribution in [3.05, 3.63) is 69.5 Å². The van der Waals surface area contributed by atoms with E-state index in [9.17, 15) is 19.4 Å². The first-order valence-electron chi connectivity index (χ1n) is 10.1. The first-order chi connectivity index (χ1) is 14.5. The normalized spacial score (nSPS) is 17.5. The number of hydrogen-bond acceptors (Lipinski definition) is 4. The zero-order valence-electron chi connectivity index (χ0n) is 18.0. The van der Waals surface area contributed by atoms with Crippen LogP contribution >= 0.6 is 11.6 Å². The zero-order valence-corrected chi connectivity index (χ0v) is 18.8. The lowest BCUT2D eigenvalue weighted by atomic mass is 9.89. The molecule has 0 bridgehead atoms. The highest BCUT2D eigenvalue weighted by Gasteiger charge is 2.33. The van der Waals surface area contributed by atoms with Crippen molar-refractivity contribution in [3.8, 4) is 5.75 Å². The maximum atomic E-state index is 14.0. The Bertz CT molecular complexity index is 1020. The maximum Gasteiger partial charge on any atom is 0.410 e. The molecule has 0 aromatic heterocycles. The molecule has 1 heterocycles. The van der Waals surface area contributed by atoms with Gasteiger partial charge >= 0.3 is 6.09 Å². The second kappa shape index (κ2) is 8.89. The van der Waals surface area contributed by atoms with Crippen LogP contribution in [-0.2, 0) is 11.2 Å². The molecular weight excluding hydrogens is 421 g/mol. The van der Waals surface area contributed by atoms with Crippen molar-refractivity contribution in [1.29, 1.82) is 0 Å². The van der Waals surface area contributed by atoms with Crippen LogP contribution in [0.2, 0.25) is 5.02 Å². The molecule has 5 nitrogen and oxygen atoms in total. The lowest BCUT2D eigenvalue weighted by Crippen LogP contribution is -2.42. The van der Waals surface area contributed by atoms with E-state index in [1.54, 1.807) is 37.8 Å². The third-order valence-corrected chi connectivity index (χ3v) is 5.45. The van der Waals surface area contributed by atoms with Gasteiger partial charge in [0.2, 0.25) is 0 Å². The first kappa shape index (κ1) is 23.1. The molecule has 0 saturated carbocycles. The van der Waals surface area contributed by atoms with Crippen molar-refractivity contribution in [2.75, 3.05) is 6.54 Å². The smallest absolute Gasteiger partial charge is 0.410 e. The number of carbonyl (C=O) groups is 1. The molecule has 1 aliphatic rings. The number of aromatic hydroxyl groups is 1. The topological polar surface area (TPSA) is 70.0 Å². The van der Waals surface area contributed by atoms with Crippen molar-refractivity contribution >= 4 is 23.8 Å². The van der Waals surface area contributed by atoms with Gasteiger partial charge in [-0.3, -0.25) is 0 Å². The van der Waals surface area contributed by atoms with Gasteiger partial charge in [0.05, 0.1) is 6.04 Å². The molecule has 2 aromatic carbocycles. The number of hydrogen-bond donors (Lipinski definition) is 2. The van der Waals surface area contributed by atoms with E-state index >= 15 is 0 Å². The molecule has 1 amide bonds. The molecule has 2 N–H and O–H groups in total. The number of phenolic OH excluding ortho intramolecular Hbond substituents is 1. The molecule has 7 heteroatoms. The average Bonchev–Trinajstić information content (AvgIpc) is 2.66.